The zero-order chi connectivity index (χ0) is 13.1. The maximum atomic E-state index is 9.37. The third-order valence-electron chi connectivity index (χ3n) is 2.90. The number of aromatic nitrogens is 1. The lowest BCUT2D eigenvalue weighted by Gasteiger charge is -2.09. The van der Waals surface area contributed by atoms with Gasteiger partial charge in [0, 0.05) is 0 Å². The molecule has 0 aliphatic rings. The predicted octanol–water partition coefficient (Wildman–Crippen LogP) is 3.54. The van der Waals surface area contributed by atoms with Crippen LogP contribution in [0.1, 0.15) is 29.8 Å². The molecule has 1 unspecified atom stereocenters. The van der Waals surface area contributed by atoms with E-state index >= 15 is 0 Å². The van der Waals surface area contributed by atoms with Crippen molar-refractivity contribution in [3.63, 3.8) is 0 Å². The molecule has 2 rings (SSSR count). The van der Waals surface area contributed by atoms with Crippen molar-refractivity contribution in [1.29, 1.82) is 0 Å². The number of aryl methyl sites for hydroxylation is 2. The molecule has 0 saturated carbocycles. The summed E-state index contributed by atoms with van der Waals surface area (Å²) in [6, 6.07) is 9.54. The molecule has 0 amide bonds. The van der Waals surface area contributed by atoms with Gasteiger partial charge in [-0.2, -0.15) is 0 Å². The Morgan fingerprint density at radius 2 is 1.78 bits per heavy atom. The van der Waals surface area contributed by atoms with Gasteiger partial charge in [0.1, 0.15) is 11.5 Å². The van der Waals surface area contributed by atoms with Crippen LogP contribution in [-0.4, -0.2) is 10.1 Å². The summed E-state index contributed by atoms with van der Waals surface area (Å²) >= 11 is 0. The standard InChI is InChI=1S/C15H17NO2/c1-10-4-5-13(8-11(10)2)18-14-6-7-15(12(3)17)16-9-14/h4-9,12,17H,1-3H3. The SMILES string of the molecule is Cc1ccc(Oc2ccc(C(C)O)nc2)cc1C. The lowest BCUT2D eigenvalue weighted by molar-refractivity contribution is 0.194. The number of aliphatic hydroxyl groups is 1. The van der Waals surface area contributed by atoms with E-state index in [1.807, 2.05) is 24.3 Å². The van der Waals surface area contributed by atoms with Crippen molar-refractivity contribution in [3.8, 4) is 11.5 Å². The largest absolute Gasteiger partial charge is 0.456 e. The molecule has 0 radical (unpaired) electrons. The fourth-order valence-corrected chi connectivity index (χ4v) is 1.61. The predicted molar refractivity (Wildman–Crippen MR) is 70.9 cm³/mol. The van der Waals surface area contributed by atoms with Crippen molar-refractivity contribution in [1.82, 2.24) is 4.98 Å². The van der Waals surface area contributed by atoms with E-state index in [0.717, 1.165) is 5.75 Å². The van der Waals surface area contributed by atoms with Gasteiger partial charge >= 0.3 is 0 Å². The van der Waals surface area contributed by atoms with Gasteiger partial charge in [-0.25, -0.2) is 0 Å². The van der Waals surface area contributed by atoms with Crippen LogP contribution in [0.4, 0.5) is 0 Å². The highest BCUT2D eigenvalue weighted by Crippen LogP contribution is 2.23. The first-order valence-corrected chi connectivity index (χ1v) is 5.95. The molecule has 0 saturated heterocycles. The Morgan fingerprint density at radius 1 is 1.06 bits per heavy atom. The summed E-state index contributed by atoms with van der Waals surface area (Å²) in [5.74, 6) is 1.47. The molecule has 94 valence electrons. The summed E-state index contributed by atoms with van der Waals surface area (Å²) in [7, 11) is 0. The van der Waals surface area contributed by atoms with E-state index in [4.69, 9.17) is 4.74 Å². The summed E-state index contributed by atoms with van der Waals surface area (Å²) < 4.78 is 5.70. The lowest BCUT2D eigenvalue weighted by atomic mass is 10.1. The van der Waals surface area contributed by atoms with Gasteiger partial charge in [-0.3, -0.25) is 4.98 Å². The van der Waals surface area contributed by atoms with E-state index in [2.05, 4.69) is 18.8 Å². The van der Waals surface area contributed by atoms with E-state index in [-0.39, 0.29) is 0 Å². The molecule has 0 aliphatic carbocycles. The zero-order valence-electron chi connectivity index (χ0n) is 10.8. The number of pyridine rings is 1. The maximum absolute atomic E-state index is 9.37. The summed E-state index contributed by atoms with van der Waals surface area (Å²) in [6.45, 7) is 5.81. The van der Waals surface area contributed by atoms with Crippen LogP contribution in [0.2, 0.25) is 0 Å². The molecular formula is C15H17NO2. The smallest absolute Gasteiger partial charge is 0.145 e. The van der Waals surface area contributed by atoms with Gasteiger partial charge in [-0.15, -0.1) is 0 Å². The van der Waals surface area contributed by atoms with Crippen LogP contribution in [0.15, 0.2) is 36.5 Å². The van der Waals surface area contributed by atoms with Gasteiger partial charge in [0.15, 0.2) is 0 Å². The van der Waals surface area contributed by atoms with Crippen molar-refractivity contribution in [2.45, 2.75) is 26.9 Å². The number of aliphatic hydroxyl groups excluding tert-OH is 1. The lowest BCUT2D eigenvalue weighted by Crippen LogP contribution is -1.95. The van der Waals surface area contributed by atoms with E-state index in [1.54, 1.807) is 19.2 Å². The van der Waals surface area contributed by atoms with Crippen molar-refractivity contribution < 1.29 is 9.84 Å². The zero-order valence-corrected chi connectivity index (χ0v) is 10.8. The molecule has 0 spiro atoms. The van der Waals surface area contributed by atoms with Gasteiger partial charge < -0.3 is 9.84 Å². The van der Waals surface area contributed by atoms with Gasteiger partial charge in [0.2, 0.25) is 0 Å². The average molecular weight is 243 g/mol. The Bertz CT molecular complexity index is 533. The summed E-state index contributed by atoms with van der Waals surface area (Å²) in [5, 5.41) is 9.37. The van der Waals surface area contributed by atoms with E-state index < -0.39 is 6.10 Å². The van der Waals surface area contributed by atoms with Crippen LogP contribution in [0.5, 0.6) is 11.5 Å². The molecular weight excluding hydrogens is 226 g/mol. The molecule has 1 N–H and O–H groups in total. The number of hydrogen-bond acceptors (Lipinski definition) is 3. The molecule has 0 aliphatic heterocycles. The van der Waals surface area contributed by atoms with Crippen LogP contribution >= 0.6 is 0 Å². The third-order valence-corrected chi connectivity index (χ3v) is 2.90. The molecule has 1 aromatic heterocycles. The Balaban J connectivity index is 2.15. The second kappa shape index (κ2) is 5.19. The van der Waals surface area contributed by atoms with Crippen LogP contribution in [0.25, 0.3) is 0 Å². The normalized spacial score (nSPS) is 12.2. The molecule has 0 bridgehead atoms. The highest BCUT2D eigenvalue weighted by Gasteiger charge is 2.03. The molecule has 1 atom stereocenters. The first-order chi connectivity index (χ1) is 8.56. The molecule has 18 heavy (non-hydrogen) atoms. The van der Waals surface area contributed by atoms with E-state index in [1.165, 1.54) is 11.1 Å². The average Bonchev–Trinajstić information content (AvgIpc) is 2.34. The summed E-state index contributed by atoms with van der Waals surface area (Å²) in [5.41, 5.74) is 3.08. The van der Waals surface area contributed by atoms with Crippen molar-refractivity contribution in [2.24, 2.45) is 0 Å². The fraction of sp³-hybridized carbons (Fsp3) is 0.267. The van der Waals surface area contributed by atoms with E-state index in [9.17, 15) is 5.11 Å². The molecule has 1 aromatic carbocycles. The monoisotopic (exact) mass is 243 g/mol. The summed E-state index contributed by atoms with van der Waals surface area (Å²) in [4.78, 5) is 4.14. The number of benzene rings is 1. The Morgan fingerprint density at radius 3 is 2.33 bits per heavy atom. The number of hydrogen-bond donors (Lipinski definition) is 1. The van der Waals surface area contributed by atoms with Crippen LogP contribution in [0, 0.1) is 13.8 Å². The highest BCUT2D eigenvalue weighted by molar-refractivity contribution is 5.36. The van der Waals surface area contributed by atoms with Crippen molar-refractivity contribution in [2.75, 3.05) is 0 Å². The minimum absolute atomic E-state index is 0.555. The minimum Gasteiger partial charge on any atom is -0.456 e. The van der Waals surface area contributed by atoms with Gasteiger partial charge in [0.25, 0.3) is 0 Å². The number of ether oxygens (including phenoxy) is 1. The number of rotatable bonds is 3. The first-order valence-electron chi connectivity index (χ1n) is 5.95. The van der Waals surface area contributed by atoms with Crippen LogP contribution < -0.4 is 4.74 Å². The third kappa shape index (κ3) is 2.87. The van der Waals surface area contributed by atoms with Crippen molar-refractivity contribution >= 4 is 0 Å². The molecule has 3 nitrogen and oxygen atoms in total. The topological polar surface area (TPSA) is 42.4 Å². The Kier molecular flexibility index (Phi) is 3.63. The molecule has 0 fully saturated rings. The fourth-order valence-electron chi connectivity index (χ4n) is 1.61. The summed E-state index contributed by atoms with van der Waals surface area (Å²) in [6.07, 6.45) is 1.07. The maximum Gasteiger partial charge on any atom is 0.145 e. The second-order valence-corrected chi connectivity index (χ2v) is 4.44. The Hall–Kier alpha value is -1.87. The molecule has 3 heteroatoms. The molecule has 1 heterocycles. The number of nitrogens with zero attached hydrogens (tertiary/aromatic N) is 1. The van der Waals surface area contributed by atoms with Crippen molar-refractivity contribution in [3.05, 3.63) is 53.3 Å². The van der Waals surface area contributed by atoms with Crippen LogP contribution in [-0.2, 0) is 0 Å². The van der Waals surface area contributed by atoms with Crippen LogP contribution in [0.3, 0.4) is 0 Å². The van der Waals surface area contributed by atoms with Gasteiger partial charge in [-0.1, -0.05) is 6.07 Å². The minimum atomic E-state index is -0.555. The second-order valence-electron chi connectivity index (χ2n) is 4.44. The van der Waals surface area contributed by atoms with Gasteiger partial charge in [0.05, 0.1) is 18.0 Å². The van der Waals surface area contributed by atoms with E-state index in [0.29, 0.717) is 11.4 Å². The highest BCUT2D eigenvalue weighted by atomic mass is 16.5. The first kappa shape index (κ1) is 12.6. The Labute approximate surface area is 107 Å². The van der Waals surface area contributed by atoms with Gasteiger partial charge in [-0.05, 0) is 56.2 Å². The quantitative estimate of drug-likeness (QED) is 0.896. The molecule has 2 aromatic rings.